The summed E-state index contributed by atoms with van der Waals surface area (Å²) < 4.78 is 0. The Balaban J connectivity index is 0.00000441. The smallest absolute Gasteiger partial charge is 0.252 e. The molecule has 0 aliphatic carbocycles. The van der Waals surface area contributed by atoms with Crippen molar-refractivity contribution in [1.82, 2.24) is 15.6 Å². The van der Waals surface area contributed by atoms with Crippen LogP contribution in [0.25, 0.3) is 0 Å². The standard InChI is InChI=1S/C15H25N5O.HI/c1-2-3-4-5-9-19-15(16)20-11-10-18-14(21)13-7-6-8-17-12-13;/h6-8,12H,2-5,9-11H2,1H3,(H,18,21)(H3,16,19,20);1H. The van der Waals surface area contributed by atoms with Gasteiger partial charge in [0.25, 0.3) is 5.91 Å². The summed E-state index contributed by atoms with van der Waals surface area (Å²) in [5, 5.41) is 5.76. The van der Waals surface area contributed by atoms with Crippen LogP contribution in [0.1, 0.15) is 43.0 Å². The van der Waals surface area contributed by atoms with Crippen molar-refractivity contribution in [3.63, 3.8) is 0 Å². The summed E-state index contributed by atoms with van der Waals surface area (Å²) in [4.78, 5) is 19.9. The number of nitrogens with one attached hydrogen (secondary N) is 2. The zero-order chi connectivity index (χ0) is 15.3. The van der Waals surface area contributed by atoms with E-state index in [1.807, 2.05) is 0 Å². The first-order chi connectivity index (χ1) is 10.2. The zero-order valence-corrected chi connectivity index (χ0v) is 15.4. The third-order valence-corrected chi connectivity index (χ3v) is 2.93. The number of halogens is 1. The molecule has 1 aromatic heterocycles. The molecule has 0 unspecified atom stereocenters. The highest BCUT2D eigenvalue weighted by atomic mass is 127. The van der Waals surface area contributed by atoms with Gasteiger partial charge in [-0.05, 0) is 18.6 Å². The Bertz CT molecular complexity index is 439. The van der Waals surface area contributed by atoms with E-state index in [0.717, 1.165) is 13.0 Å². The molecule has 1 rings (SSSR count). The Hall–Kier alpha value is -1.38. The minimum Gasteiger partial charge on any atom is -0.370 e. The molecular weight excluding hydrogens is 393 g/mol. The van der Waals surface area contributed by atoms with Crippen molar-refractivity contribution in [2.24, 2.45) is 10.7 Å². The summed E-state index contributed by atoms with van der Waals surface area (Å²) in [5.74, 6) is 0.294. The highest BCUT2D eigenvalue weighted by Gasteiger charge is 2.03. The van der Waals surface area contributed by atoms with E-state index in [-0.39, 0.29) is 29.9 Å². The van der Waals surface area contributed by atoms with E-state index >= 15 is 0 Å². The Kier molecular flexibility index (Phi) is 12.5. The average Bonchev–Trinajstić information content (AvgIpc) is 2.52. The second-order valence-electron chi connectivity index (χ2n) is 4.75. The Morgan fingerprint density at radius 2 is 2.05 bits per heavy atom. The third kappa shape index (κ3) is 9.54. The molecule has 6 nitrogen and oxygen atoms in total. The van der Waals surface area contributed by atoms with Crippen molar-refractivity contribution >= 4 is 35.8 Å². The van der Waals surface area contributed by atoms with Gasteiger partial charge in [0, 0.05) is 32.0 Å². The van der Waals surface area contributed by atoms with Gasteiger partial charge in [0.1, 0.15) is 0 Å². The van der Waals surface area contributed by atoms with Gasteiger partial charge in [0.2, 0.25) is 0 Å². The Labute approximate surface area is 149 Å². The van der Waals surface area contributed by atoms with Crippen molar-refractivity contribution in [2.45, 2.75) is 32.6 Å². The lowest BCUT2D eigenvalue weighted by atomic mass is 10.2. The zero-order valence-electron chi connectivity index (χ0n) is 13.0. The number of carbonyl (C=O) groups is 1. The SMILES string of the molecule is CCCCCCN=C(N)NCCNC(=O)c1cccnc1.I. The predicted molar refractivity (Wildman–Crippen MR) is 101 cm³/mol. The number of aliphatic imine (C=N–C) groups is 1. The fourth-order valence-electron chi connectivity index (χ4n) is 1.76. The minimum absolute atomic E-state index is 0. The monoisotopic (exact) mass is 419 g/mol. The predicted octanol–water partition coefficient (Wildman–Crippen LogP) is 1.91. The summed E-state index contributed by atoms with van der Waals surface area (Å²) in [5.41, 5.74) is 6.28. The van der Waals surface area contributed by atoms with Crippen LogP contribution in [-0.2, 0) is 0 Å². The molecule has 0 aliphatic heterocycles. The number of hydrogen-bond donors (Lipinski definition) is 3. The maximum atomic E-state index is 11.7. The van der Waals surface area contributed by atoms with Crippen LogP contribution in [0.2, 0.25) is 0 Å². The van der Waals surface area contributed by atoms with Gasteiger partial charge >= 0.3 is 0 Å². The van der Waals surface area contributed by atoms with Crippen LogP contribution in [0.5, 0.6) is 0 Å². The molecule has 0 fully saturated rings. The molecule has 22 heavy (non-hydrogen) atoms. The molecule has 0 radical (unpaired) electrons. The lowest BCUT2D eigenvalue weighted by Gasteiger charge is -2.07. The fraction of sp³-hybridized carbons (Fsp3) is 0.533. The van der Waals surface area contributed by atoms with E-state index in [1.54, 1.807) is 18.3 Å². The van der Waals surface area contributed by atoms with E-state index in [0.29, 0.717) is 24.6 Å². The van der Waals surface area contributed by atoms with E-state index in [4.69, 9.17) is 5.73 Å². The van der Waals surface area contributed by atoms with Crippen molar-refractivity contribution in [2.75, 3.05) is 19.6 Å². The van der Waals surface area contributed by atoms with E-state index in [9.17, 15) is 4.79 Å². The second-order valence-corrected chi connectivity index (χ2v) is 4.75. The van der Waals surface area contributed by atoms with Gasteiger partial charge in [-0.25, -0.2) is 0 Å². The molecule has 0 spiro atoms. The molecule has 1 heterocycles. The summed E-state index contributed by atoms with van der Waals surface area (Å²) in [6.07, 6.45) is 7.88. The minimum atomic E-state index is -0.139. The lowest BCUT2D eigenvalue weighted by Crippen LogP contribution is -2.38. The van der Waals surface area contributed by atoms with Crippen LogP contribution < -0.4 is 16.4 Å². The summed E-state index contributed by atoms with van der Waals surface area (Å²) in [6, 6.07) is 3.46. The normalized spacial score (nSPS) is 10.7. The first kappa shape index (κ1) is 20.6. The number of guanidine groups is 1. The number of hydrogen-bond acceptors (Lipinski definition) is 3. The van der Waals surface area contributed by atoms with Gasteiger partial charge in [0.15, 0.2) is 5.96 Å². The second kappa shape index (κ2) is 13.3. The lowest BCUT2D eigenvalue weighted by molar-refractivity contribution is 0.0954. The molecule has 0 saturated carbocycles. The largest absolute Gasteiger partial charge is 0.370 e. The fourth-order valence-corrected chi connectivity index (χ4v) is 1.76. The quantitative estimate of drug-likeness (QED) is 0.247. The maximum absolute atomic E-state index is 11.7. The highest BCUT2D eigenvalue weighted by Crippen LogP contribution is 1.98. The molecule has 7 heteroatoms. The third-order valence-electron chi connectivity index (χ3n) is 2.93. The summed E-state index contributed by atoms with van der Waals surface area (Å²) in [6.45, 7) is 3.97. The van der Waals surface area contributed by atoms with Crippen molar-refractivity contribution < 1.29 is 4.79 Å². The number of nitrogens with zero attached hydrogens (tertiary/aromatic N) is 2. The first-order valence-corrected chi connectivity index (χ1v) is 7.46. The van der Waals surface area contributed by atoms with Crippen LogP contribution >= 0.6 is 24.0 Å². The van der Waals surface area contributed by atoms with E-state index < -0.39 is 0 Å². The Morgan fingerprint density at radius 1 is 1.27 bits per heavy atom. The molecule has 124 valence electrons. The summed E-state index contributed by atoms with van der Waals surface area (Å²) in [7, 11) is 0. The molecule has 0 aromatic carbocycles. The van der Waals surface area contributed by atoms with Gasteiger partial charge in [-0.15, -0.1) is 24.0 Å². The number of amides is 1. The van der Waals surface area contributed by atoms with Gasteiger partial charge in [0.05, 0.1) is 5.56 Å². The van der Waals surface area contributed by atoms with Gasteiger partial charge in [-0.2, -0.15) is 0 Å². The molecular formula is C15H26IN5O. The maximum Gasteiger partial charge on any atom is 0.252 e. The number of unbranched alkanes of at least 4 members (excludes halogenated alkanes) is 3. The topological polar surface area (TPSA) is 92.4 Å². The Morgan fingerprint density at radius 3 is 2.73 bits per heavy atom. The molecule has 1 aromatic rings. The van der Waals surface area contributed by atoms with E-state index in [1.165, 1.54) is 25.5 Å². The molecule has 0 aliphatic rings. The van der Waals surface area contributed by atoms with Gasteiger partial charge < -0.3 is 16.4 Å². The average molecular weight is 419 g/mol. The van der Waals surface area contributed by atoms with Crippen LogP contribution in [-0.4, -0.2) is 36.5 Å². The highest BCUT2D eigenvalue weighted by molar-refractivity contribution is 14.0. The number of aromatic nitrogens is 1. The van der Waals surface area contributed by atoms with E-state index in [2.05, 4.69) is 27.5 Å². The molecule has 1 amide bonds. The van der Waals surface area contributed by atoms with Gasteiger partial charge in [-0.3, -0.25) is 14.8 Å². The van der Waals surface area contributed by atoms with Crippen molar-refractivity contribution in [3.05, 3.63) is 30.1 Å². The molecule has 0 saturated heterocycles. The molecule has 0 atom stereocenters. The summed E-state index contributed by atoms with van der Waals surface area (Å²) >= 11 is 0. The van der Waals surface area contributed by atoms with Crippen molar-refractivity contribution in [3.8, 4) is 0 Å². The molecule has 0 bridgehead atoms. The van der Waals surface area contributed by atoms with Crippen LogP contribution in [0.4, 0.5) is 0 Å². The van der Waals surface area contributed by atoms with Crippen LogP contribution in [0.15, 0.2) is 29.5 Å². The van der Waals surface area contributed by atoms with Gasteiger partial charge in [-0.1, -0.05) is 26.2 Å². The number of rotatable bonds is 9. The first-order valence-electron chi connectivity index (χ1n) is 7.46. The number of pyridine rings is 1. The van der Waals surface area contributed by atoms with Crippen molar-refractivity contribution in [1.29, 1.82) is 0 Å². The number of carbonyl (C=O) groups excluding carboxylic acids is 1. The van der Waals surface area contributed by atoms with Crippen LogP contribution in [0.3, 0.4) is 0 Å². The number of nitrogens with two attached hydrogens (primary N) is 1. The van der Waals surface area contributed by atoms with Crippen LogP contribution in [0, 0.1) is 0 Å². The molecule has 4 N–H and O–H groups in total.